The van der Waals surface area contributed by atoms with Crippen molar-refractivity contribution in [3.8, 4) is 25.7 Å². The van der Waals surface area contributed by atoms with E-state index in [9.17, 15) is 0 Å². The van der Waals surface area contributed by atoms with E-state index in [2.05, 4.69) is 44.6 Å². The lowest BCUT2D eigenvalue weighted by atomic mass is 11.0. The van der Waals surface area contributed by atoms with Crippen LogP contribution in [0.25, 0.3) is 0 Å². The van der Waals surface area contributed by atoms with Crippen LogP contribution in [0.3, 0.4) is 0 Å². The second-order valence-electron chi connectivity index (χ2n) is 0.250. The summed E-state index contributed by atoms with van der Waals surface area (Å²) in [4.78, 5) is 0. The van der Waals surface area contributed by atoms with Gasteiger partial charge in [-0.25, -0.2) is 0 Å². The number of rotatable bonds is 0. The summed E-state index contributed by atoms with van der Waals surface area (Å²) >= 11 is 0. The molecule has 0 aliphatic heterocycles. The molecule has 0 fully saturated rings. The van der Waals surface area contributed by atoms with Gasteiger partial charge in [0.1, 0.15) is 0 Å². The van der Waals surface area contributed by atoms with E-state index in [0.717, 1.165) is 0 Å². The molecule has 0 aromatic heterocycles. The van der Waals surface area contributed by atoms with Crippen LogP contribution in [0.5, 0.6) is 0 Å². The fourth-order valence-corrected chi connectivity index (χ4v) is 0. The lowest BCUT2D eigenvalue weighted by molar-refractivity contribution is 2.51. The molecule has 0 aliphatic carbocycles. The summed E-state index contributed by atoms with van der Waals surface area (Å²) in [6, 6.07) is 0. The molecule has 0 N–H and O–H groups in total. The van der Waals surface area contributed by atoms with Crippen LogP contribution in [-0.4, -0.2) is 0 Å². The first-order chi connectivity index (χ1) is 3.41. The van der Waals surface area contributed by atoms with Gasteiger partial charge in [-0.3, -0.25) is 0 Å². The molecule has 0 aromatic carbocycles. The minimum Gasteiger partial charge on any atom is -0.137 e. The molecule has 0 heterocycles. The first kappa shape index (κ1) is 17.4. The summed E-state index contributed by atoms with van der Waals surface area (Å²) in [7, 11) is 0. The molecule has 0 atom stereocenters. The van der Waals surface area contributed by atoms with Gasteiger partial charge in [-0.2, -0.15) is 0 Å². The van der Waals surface area contributed by atoms with Crippen LogP contribution in [0.15, 0.2) is 18.9 Å². The predicted octanol–water partition coefficient (Wildman–Crippen LogP) is 1.46. The lowest BCUT2D eigenvalue weighted by Crippen LogP contribution is -0.844. The highest BCUT2D eigenvalue weighted by molar-refractivity contribution is 4.51. The van der Waals surface area contributed by atoms with Crippen molar-refractivity contribution >= 4 is 0 Å². The zero-order valence-corrected chi connectivity index (χ0v) is 4.22. The minimum absolute atomic E-state index is 2.25. The largest absolute Gasteiger partial charge is 0.137 e. The molecule has 0 radical (unpaired) electrons. The summed E-state index contributed by atoms with van der Waals surface area (Å²) in [5, 5.41) is 0. The Morgan fingerprint density at radius 2 is 0.857 bits per heavy atom. The summed E-state index contributed by atoms with van der Waals surface area (Å²) in [6.07, 6.45) is 16.0. The van der Waals surface area contributed by atoms with Crippen molar-refractivity contribution in [2.45, 2.75) is 0 Å². The summed E-state index contributed by atoms with van der Waals surface area (Å²) in [5.74, 6) is 0. The maximum atomic E-state index is 4.00. The molecule has 0 amide bonds. The highest BCUT2D eigenvalue weighted by Gasteiger charge is 0.904. The highest BCUT2D eigenvalue weighted by atomic mass is 13.0. The second kappa shape index (κ2) is 474. The molecular formula is C7H8. The Kier molecular flexibility index (Phi) is 1180. The monoisotopic (exact) mass is 92.1 g/mol. The fourth-order valence-electron chi connectivity index (χ4n) is 0. The molecule has 0 aliphatic rings. The lowest BCUT2D eigenvalue weighted by Gasteiger charge is -1.10. The summed E-state index contributed by atoms with van der Waals surface area (Å²) in [5.41, 5.74) is 2.25. The van der Waals surface area contributed by atoms with Crippen LogP contribution in [0.1, 0.15) is 0 Å². The first-order valence-corrected chi connectivity index (χ1v) is 1.37. The van der Waals surface area contributed by atoms with Crippen molar-refractivity contribution in [1.29, 1.82) is 0 Å². The van der Waals surface area contributed by atoms with Gasteiger partial charge >= 0.3 is 0 Å². The minimum atomic E-state index is 2.25. The van der Waals surface area contributed by atoms with E-state index in [1.807, 2.05) is 0 Å². The summed E-state index contributed by atoms with van der Waals surface area (Å²) in [6.45, 7) is 6.25. The molecular weight excluding hydrogens is 84.1 g/mol. The maximum absolute atomic E-state index is 4.00. The Balaban J connectivity index is -0.0000000360. The summed E-state index contributed by atoms with van der Waals surface area (Å²) < 4.78 is 0. The zero-order valence-electron chi connectivity index (χ0n) is 4.22. The molecule has 0 bridgehead atoms. The van der Waals surface area contributed by atoms with Crippen LogP contribution in [-0.2, 0) is 0 Å². The fraction of sp³-hybridized carbons (Fsp3) is 0. The molecule has 0 heteroatoms. The smallest absolute Gasteiger partial charge is 0.0572 e. The molecule has 36 valence electrons. The van der Waals surface area contributed by atoms with E-state index in [1.165, 1.54) is 0 Å². The Morgan fingerprint density at radius 3 is 0.857 bits per heavy atom. The van der Waals surface area contributed by atoms with Gasteiger partial charge in [-0.1, -0.05) is 13.2 Å². The van der Waals surface area contributed by atoms with E-state index >= 15 is 0 Å². The van der Waals surface area contributed by atoms with Gasteiger partial charge in [-0.15, -0.1) is 31.4 Å². The van der Waals surface area contributed by atoms with Gasteiger partial charge in [0.2, 0.25) is 0 Å². The van der Waals surface area contributed by atoms with Crippen molar-refractivity contribution in [2.75, 3.05) is 0 Å². The Bertz CT molecular complexity index is 60.5. The van der Waals surface area contributed by atoms with Crippen molar-refractivity contribution in [1.82, 2.24) is 0 Å². The Labute approximate surface area is 45.6 Å². The van der Waals surface area contributed by atoms with Crippen LogP contribution in [0, 0.1) is 25.7 Å². The van der Waals surface area contributed by atoms with Gasteiger partial charge in [-0.05, 0) is 0 Å². The van der Waals surface area contributed by atoms with Crippen LogP contribution in [0.2, 0.25) is 0 Å². The van der Waals surface area contributed by atoms with E-state index < -0.39 is 0 Å². The predicted molar refractivity (Wildman–Crippen MR) is 34.5 cm³/mol. The van der Waals surface area contributed by atoms with Crippen LogP contribution in [0.4, 0.5) is 0 Å². The van der Waals surface area contributed by atoms with E-state index in [1.54, 1.807) is 0 Å². The molecule has 7 heavy (non-hydrogen) atoms. The quantitative estimate of drug-likeness (QED) is 0.313. The van der Waals surface area contributed by atoms with E-state index in [4.69, 9.17) is 0 Å². The molecule has 0 spiro atoms. The maximum Gasteiger partial charge on any atom is -0.0572 e. The molecule has 0 aromatic rings. The average Bonchev–Trinajstić information content (AvgIpc) is 1.78. The Hall–Kier alpha value is -1.36. The second-order valence-corrected chi connectivity index (χ2v) is 0.250. The normalized spacial score (nSPS) is 1.71. The van der Waals surface area contributed by atoms with Gasteiger partial charge in [0.25, 0.3) is 0 Å². The van der Waals surface area contributed by atoms with Crippen molar-refractivity contribution in [2.24, 2.45) is 0 Å². The van der Waals surface area contributed by atoms with Crippen LogP contribution < -0.4 is 0 Å². The molecule has 0 unspecified atom stereocenters. The number of hydrogen-bond donors (Lipinski definition) is 0. The van der Waals surface area contributed by atoms with E-state index in [-0.39, 0.29) is 0 Å². The van der Waals surface area contributed by atoms with E-state index in [0.29, 0.717) is 0 Å². The first-order valence-electron chi connectivity index (χ1n) is 1.37. The molecule has 0 saturated carbocycles. The SMILES string of the molecule is C#C.C#C.C=C=C. The molecule has 0 saturated heterocycles. The van der Waals surface area contributed by atoms with Crippen molar-refractivity contribution in [3.05, 3.63) is 18.9 Å². The highest BCUT2D eigenvalue weighted by Crippen LogP contribution is 1.16. The van der Waals surface area contributed by atoms with Gasteiger partial charge < -0.3 is 0 Å². The third-order valence-electron chi connectivity index (χ3n) is 0. The zero-order chi connectivity index (χ0) is 6.71. The van der Waals surface area contributed by atoms with Gasteiger partial charge in [0.15, 0.2) is 0 Å². The standard InChI is InChI=1S/C3H4.2C2H2/c1-3-2;2*1-2/h1-2H2;2*1-2H. The topological polar surface area (TPSA) is 0 Å². The van der Waals surface area contributed by atoms with Crippen molar-refractivity contribution in [3.63, 3.8) is 0 Å². The number of terminal acetylenes is 2. The average molecular weight is 92.1 g/mol. The van der Waals surface area contributed by atoms with Gasteiger partial charge in [0.05, 0.1) is 0 Å². The number of hydrogen-bond acceptors (Lipinski definition) is 0. The third-order valence-corrected chi connectivity index (χ3v) is 0. The molecule has 0 nitrogen and oxygen atoms in total. The Morgan fingerprint density at radius 1 is 0.857 bits per heavy atom. The van der Waals surface area contributed by atoms with Crippen molar-refractivity contribution < 1.29 is 0 Å². The van der Waals surface area contributed by atoms with Crippen LogP contribution >= 0.6 is 0 Å². The third kappa shape index (κ3) is 17.5. The van der Waals surface area contributed by atoms with Gasteiger partial charge in [0, 0.05) is 0 Å². The molecule has 0 rings (SSSR count).